The Kier molecular flexibility index (Phi) is 6.40. The first-order valence-electron chi connectivity index (χ1n) is 7.01. The highest BCUT2D eigenvalue weighted by Gasteiger charge is 2.16. The molecule has 106 valence electrons. The summed E-state index contributed by atoms with van der Waals surface area (Å²) in [4.78, 5) is 11.9. The van der Waals surface area contributed by atoms with Crippen LogP contribution in [0.25, 0.3) is 0 Å². The van der Waals surface area contributed by atoms with Crippen LogP contribution in [0.1, 0.15) is 50.0 Å². The van der Waals surface area contributed by atoms with Crippen molar-refractivity contribution in [2.75, 3.05) is 13.2 Å². The van der Waals surface area contributed by atoms with E-state index in [-0.39, 0.29) is 5.97 Å². The predicted octanol–water partition coefficient (Wildman–Crippen LogP) is 3.85. The van der Waals surface area contributed by atoms with Crippen molar-refractivity contribution in [3.8, 4) is 5.75 Å². The van der Waals surface area contributed by atoms with Crippen molar-refractivity contribution in [2.45, 2.75) is 40.5 Å². The Morgan fingerprint density at radius 1 is 1.26 bits per heavy atom. The molecule has 1 aromatic carbocycles. The van der Waals surface area contributed by atoms with Crippen LogP contribution in [-0.2, 0) is 11.2 Å². The molecule has 3 nitrogen and oxygen atoms in total. The third-order valence-electron chi connectivity index (χ3n) is 2.91. The molecule has 0 saturated heterocycles. The van der Waals surface area contributed by atoms with Gasteiger partial charge in [-0.1, -0.05) is 32.9 Å². The van der Waals surface area contributed by atoms with Crippen molar-refractivity contribution >= 4 is 5.97 Å². The Balaban J connectivity index is 2.92. The molecule has 3 heteroatoms. The molecule has 0 atom stereocenters. The zero-order chi connectivity index (χ0) is 14.3. The lowest BCUT2D eigenvalue weighted by atomic mass is 10.1. The third kappa shape index (κ3) is 4.58. The van der Waals surface area contributed by atoms with Gasteiger partial charge < -0.3 is 9.47 Å². The van der Waals surface area contributed by atoms with Crippen LogP contribution >= 0.6 is 0 Å². The lowest BCUT2D eigenvalue weighted by Gasteiger charge is -2.15. The first kappa shape index (κ1) is 15.5. The Morgan fingerprint density at radius 3 is 2.58 bits per heavy atom. The fourth-order valence-corrected chi connectivity index (χ4v) is 1.80. The number of hydrogen-bond acceptors (Lipinski definition) is 3. The molecule has 0 bridgehead atoms. The van der Waals surface area contributed by atoms with E-state index in [1.807, 2.05) is 12.1 Å². The maximum atomic E-state index is 11.9. The maximum absolute atomic E-state index is 11.9. The zero-order valence-corrected chi connectivity index (χ0v) is 12.4. The Bertz CT molecular complexity index is 410. The molecule has 0 aromatic heterocycles. The standard InChI is InChI=1S/C16H24O3/c1-5-13-8-7-9-14(16(17)18-6-2)15(13)19-11-10-12(3)4/h7-9,12H,5-6,10-11H2,1-4H3. The SMILES string of the molecule is CCOC(=O)c1cccc(CC)c1OCCC(C)C. The number of rotatable bonds is 7. The molecule has 0 amide bonds. The van der Waals surface area contributed by atoms with Gasteiger partial charge in [0.15, 0.2) is 0 Å². The molecule has 0 fully saturated rings. The van der Waals surface area contributed by atoms with E-state index < -0.39 is 0 Å². The van der Waals surface area contributed by atoms with Crippen molar-refractivity contribution in [3.63, 3.8) is 0 Å². The lowest BCUT2D eigenvalue weighted by molar-refractivity contribution is 0.0521. The number of para-hydroxylation sites is 1. The molecule has 0 heterocycles. The van der Waals surface area contributed by atoms with Gasteiger partial charge in [-0.3, -0.25) is 0 Å². The summed E-state index contributed by atoms with van der Waals surface area (Å²) in [5.74, 6) is 0.960. The van der Waals surface area contributed by atoms with Crippen molar-refractivity contribution in [1.82, 2.24) is 0 Å². The van der Waals surface area contributed by atoms with E-state index in [1.165, 1.54) is 0 Å². The van der Waals surface area contributed by atoms with E-state index in [2.05, 4.69) is 20.8 Å². The summed E-state index contributed by atoms with van der Waals surface area (Å²) in [7, 11) is 0. The summed E-state index contributed by atoms with van der Waals surface area (Å²) in [6.45, 7) is 9.17. The molecule has 0 aliphatic carbocycles. The summed E-state index contributed by atoms with van der Waals surface area (Å²) in [5, 5.41) is 0. The second kappa shape index (κ2) is 7.82. The van der Waals surface area contributed by atoms with Crippen LogP contribution in [-0.4, -0.2) is 19.2 Å². The molecule has 0 aliphatic heterocycles. The van der Waals surface area contributed by atoms with Gasteiger partial charge in [0.2, 0.25) is 0 Å². The van der Waals surface area contributed by atoms with Gasteiger partial charge in [0.1, 0.15) is 11.3 Å². The number of esters is 1. The van der Waals surface area contributed by atoms with Crippen molar-refractivity contribution in [1.29, 1.82) is 0 Å². The molecule has 19 heavy (non-hydrogen) atoms. The van der Waals surface area contributed by atoms with E-state index in [0.717, 1.165) is 18.4 Å². The van der Waals surface area contributed by atoms with Gasteiger partial charge in [0.05, 0.1) is 13.2 Å². The minimum atomic E-state index is -0.308. The molecular weight excluding hydrogens is 240 g/mol. The predicted molar refractivity (Wildman–Crippen MR) is 76.7 cm³/mol. The molecular formula is C16H24O3. The van der Waals surface area contributed by atoms with Gasteiger partial charge >= 0.3 is 5.97 Å². The lowest BCUT2D eigenvalue weighted by Crippen LogP contribution is -2.11. The van der Waals surface area contributed by atoms with E-state index in [1.54, 1.807) is 13.0 Å². The largest absolute Gasteiger partial charge is 0.492 e. The highest BCUT2D eigenvalue weighted by Crippen LogP contribution is 2.26. The van der Waals surface area contributed by atoms with Gasteiger partial charge in [-0.05, 0) is 37.3 Å². The fourth-order valence-electron chi connectivity index (χ4n) is 1.80. The van der Waals surface area contributed by atoms with E-state index >= 15 is 0 Å². The van der Waals surface area contributed by atoms with Gasteiger partial charge in [0, 0.05) is 0 Å². The van der Waals surface area contributed by atoms with E-state index in [4.69, 9.17) is 9.47 Å². The third-order valence-corrected chi connectivity index (χ3v) is 2.91. The molecule has 0 spiro atoms. The number of carbonyl (C=O) groups is 1. The highest BCUT2D eigenvalue weighted by atomic mass is 16.5. The monoisotopic (exact) mass is 264 g/mol. The topological polar surface area (TPSA) is 35.5 Å². The van der Waals surface area contributed by atoms with Crippen LogP contribution in [0.15, 0.2) is 18.2 Å². The molecule has 0 saturated carbocycles. The first-order chi connectivity index (χ1) is 9.10. The quantitative estimate of drug-likeness (QED) is 0.702. The van der Waals surface area contributed by atoms with Crippen LogP contribution in [0.4, 0.5) is 0 Å². The highest BCUT2D eigenvalue weighted by molar-refractivity contribution is 5.93. The molecule has 0 unspecified atom stereocenters. The Labute approximate surface area is 115 Å². The fraction of sp³-hybridized carbons (Fsp3) is 0.562. The Hall–Kier alpha value is -1.51. The smallest absolute Gasteiger partial charge is 0.341 e. The average Bonchev–Trinajstić information content (AvgIpc) is 2.38. The Morgan fingerprint density at radius 2 is 2.00 bits per heavy atom. The number of benzene rings is 1. The summed E-state index contributed by atoms with van der Waals surface area (Å²) in [5.41, 5.74) is 1.58. The van der Waals surface area contributed by atoms with Gasteiger partial charge in [-0.25, -0.2) is 4.79 Å². The van der Waals surface area contributed by atoms with Gasteiger partial charge in [0.25, 0.3) is 0 Å². The minimum absolute atomic E-state index is 0.308. The van der Waals surface area contributed by atoms with Gasteiger partial charge in [-0.2, -0.15) is 0 Å². The molecule has 1 rings (SSSR count). The van der Waals surface area contributed by atoms with Crippen molar-refractivity contribution in [2.24, 2.45) is 5.92 Å². The van der Waals surface area contributed by atoms with Crippen LogP contribution in [0, 0.1) is 5.92 Å². The normalized spacial score (nSPS) is 10.6. The summed E-state index contributed by atoms with van der Waals surface area (Å²) in [6, 6.07) is 5.63. The van der Waals surface area contributed by atoms with Crippen LogP contribution in [0.2, 0.25) is 0 Å². The van der Waals surface area contributed by atoms with Gasteiger partial charge in [-0.15, -0.1) is 0 Å². The second-order valence-electron chi connectivity index (χ2n) is 4.90. The number of aryl methyl sites for hydroxylation is 1. The molecule has 0 N–H and O–H groups in total. The van der Waals surface area contributed by atoms with E-state index in [0.29, 0.717) is 30.4 Å². The summed E-state index contributed by atoms with van der Waals surface area (Å²) >= 11 is 0. The van der Waals surface area contributed by atoms with E-state index in [9.17, 15) is 4.79 Å². The number of hydrogen-bond donors (Lipinski definition) is 0. The minimum Gasteiger partial charge on any atom is -0.492 e. The average molecular weight is 264 g/mol. The van der Waals surface area contributed by atoms with Crippen LogP contribution in [0.3, 0.4) is 0 Å². The number of ether oxygens (including phenoxy) is 2. The molecule has 1 aromatic rings. The molecule has 0 radical (unpaired) electrons. The zero-order valence-electron chi connectivity index (χ0n) is 12.4. The summed E-state index contributed by atoms with van der Waals surface area (Å²) < 4.78 is 10.9. The van der Waals surface area contributed by atoms with Crippen molar-refractivity contribution in [3.05, 3.63) is 29.3 Å². The molecule has 0 aliphatic rings. The van der Waals surface area contributed by atoms with Crippen LogP contribution < -0.4 is 4.74 Å². The first-order valence-corrected chi connectivity index (χ1v) is 7.01. The van der Waals surface area contributed by atoms with Crippen molar-refractivity contribution < 1.29 is 14.3 Å². The number of carbonyl (C=O) groups excluding carboxylic acids is 1. The maximum Gasteiger partial charge on any atom is 0.341 e. The second-order valence-corrected chi connectivity index (χ2v) is 4.90. The summed E-state index contributed by atoms with van der Waals surface area (Å²) in [6.07, 6.45) is 1.81. The van der Waals surface area contributed by atoms with Crippen LogP contribution in [0.5, 0.6) is 5.75 Å².